The van der Waals surface area contributed by atoms with Crippen LogP contribution in [0.15, 0.2) is 54.6 Å². The maximum Gasteiger partial charge on any atom is 0.323 e. The summed E-state index contributed by atoms with van der Waals surface area (Å²) >= 11 is 0. The van der Waals surface area contributed by atoms with Gasteiger partial charge in [-0.25, -0.2) is 4.79 Å². The predicted molar refractivity (Wildman–Crippen MR) is 106 cm³/mol. The summed E-state index contributed by atoms with van der Waals surface area (Å²) in [5, 5.41) is 14.8. The Bertz CT molecular complexity index is 867. The second-order valence-electron chi connectivity index (χ2n) is 7.22. The Morgan fingerprint density at radius 1 is 0.964 bits per heavy atom. The number of urea groups is 1. The molecule has 7 nitrogen and oxygen atoms in total. The number of para-hydroxylation sites is 1. The van der Waals surface area contributed by atoms with E-state index in [2.05, 4.69) is 10.6 Å². The minimum atomic E-state index is -0.912. The first-order chi connectivity index (χ1) is 13.4. The molecule has 3 N–H and O–H groups in total. The third-order valence-corrected chi connectivity index (χ3v) is 4.92. The van der Waals surface area contributed by atoms with Crippen LogP contribution in [0.2, 0.25) is 0 Å². The van der Waals surface area contributed by atoms with Gasteiger partial charge in [0.1, 0.15) is 0 Å². The molecule has 7 heteroatoms. The van der Waals surface area contributed by atoms with Crippen molar-refractivity contribution >= 4 is 29.3 Å². The van der Waals surface area contributed by atoms with E-state index in [0.717, 1.165) is 0 Å². The second kappa shape index (κ2) is 8.12. The summed E-state index contributed by atoms with van der Waals surface area (Å²) in [7, 11) is 0. The molecule has 28 heavy (non-hydrogen) atoms. The topological polar surface area (TPSA) is 98.7 Å². The summed E-state index contributed by atoms with van der Waals surface area (Å²) in [5.74, 6) is -1.08. The number of aliphatic carboxylic acids is 1. The first kappa shape index (κ1) is 19.4. The van der Waals surface area contributed by atoms with E-state index in [1.165, 1.54) is 0 Å². The number of piperidine rings is 1. The molecule has 0 radical (unpaired) electrons. The quantitative estimate of drug-likeness (QED) is 0.753. The Labute approximate surface area is 163 Å². The highest BCUT2D eigenvalue weighted by molar-refractivity contribution is 6.00. The zero-order chi connectivity index (χ0) is 20.1. The number of rotatable bonds is 4. The van der Waals surface area contributed by atoms with Crippen LogP contribution in [-0.2, 0) is 4.79 Å². The zero-order valence-electron chi connectivity index (χ0n) is 15.6. The number of carboxylic acid groups (broad SMARTS) is 1. The van der Waals surface area contributed by atoms with Crippen molar-refractivity contribution in [2.75, 3.05) is 23.7 Å². The average molecular weight is 381 g/mol. The number of anilines is 2. The van der Waals surface area contributed by atoms with Gasteiger partial charge in [0.25, 0.3) is 5.91 Å². The summed E-state index contributed by atoms with van der Waals surface area (Å²) in [5.41, 5.74) is 0.784. The lowest BCUT2D eigenvalue weighted by Crippen LogP contribution is -2.48. The molecule has 1 fully saturated rings. The van der Waals surface area contributed by atoms with E-state index in [1.54, 1.807) is 48.2 Å². The molecule has 1 heterocycles. The highest BCUT2D eigenvalue weighted by atomic mass is 16.4. The van der Waals surface area contributed by atoms with Crippen molar-refractivity contribution in [2.24, 2.45) is 5.41 Å². The monoisotopic (exact) mass is 381 g/mol. The fourth-order valence-electron chi connectivity index (χ4n) is 3.28. The predicted octanol–water partition coefficient (Wildman–Crippen LogP) is 3.66. The Morgan fingerprint density at radius 3 is 2.18 bits per heavy atom. The van der Waals surface area contributed by atoms with Crippen LogP contribution in [0.3, 0.4) is 0 Å². The van der Waals surface area contributed by atoms with Gasteiger partial charge in [-0.05, 0) is 56.2 Å². The lowest BCUT2D eigenvalue weighted by Gasteiger charge is -2.37. The Kier molecular flexibility index (Phi) is 5.63. The van der Waals surface area contributed by atoms with E-state index in [1.807, 2.05) is 18.2 Å². The zero-order valence-corrected chi connectivity index (χ0v) is 15.6. The second-order valence-corrected chi connectivity index (χ2v) is 7.22. The van der Waals surface area contributed by atoms with Gasteiger partial charge >= 0.3 is 12.0 Å². The molecule has 146 valence electrons. The van der Waals surface area contributed by atoms with Crippen LogP contribution < -0.4 is 10.6 Å². The highest BCUT2D eigenvalue weighted by Crippen LogP contribution is 2.30. The van der Waals surface area contributed by atoms with Crippen LogP contribution in [-0.4, -0.2) is 41.0 Å². The van der Waals surface area contributed by atoms with Crippen molar-refractivity contribution in [3.63, 3.8) is 0 Å². The summed E-state index contributed by atoms with van der Waals surface area (Å²) in [4.78, 5) is 37.8. The number of nitrogens with one attached hydrogen (secondary N) is 2. The average Bonchev–Trinajstić information content (AvgIpc) is 2.68. The maximum absolute atomic E-state index is 12.7. The third kappa shape index (κ3) is 4.49. The van der Waals surface area contributed by atoms with Gasteiger partial charge in [-0.3, -0.25) is 9.59 Å². The van der Waals surface area contributed by atoms with Crippen LogP contribution in [0, 0.1) is 5.41 Å². The number of hydrogen-bond acceptors (Lipinski definition) is 3. The number of carbonyl (C=O) groups is 3. The summed E-state index contributed by atoms with van der Waals surface area (Å²) in [6, 6.07) is 15.3. The number of nitrogens with zero attached hydrogens (tertiary/aromatic N) is 1. The SMILES string of the molecule is CC1(C(=O)O)CCCN(C(=O)c2ccc(NC(=O)Nc3ccccc3)cc2)C1. The molecule has 1 aliphatic rings. The Balaban J connectivity index is 1.61. The normalized spacial score (nSPS) is 19.0. The van der Waals surface area contributed by atoms with Gasteiger partial charge in [0, 0.05) is 30.0 Å². The fraction of sp³-hybridized carbons (Fsp3) is 0.286. The van der Waals surface area contributed by atoms with Crippen LogP contribution >= 0.6 is 0 Å². The smallest absolute Gasteiger partial charge is 0.323 e. The van der Waals surface area contributed by atoms with Crippen molar-refractivity contribution in [1.82, 2.24) is 4.90 Å². The fourth-order valence-corrected chi connectivity index (χ4v) is 3.28. The molecule has 2 aromatic carbocycles. The molecule has 3 amide bonds. The third-order valence-electron chi connectivity index (χ3n) is 4.92. The molecule has 1 atom stereocenters. The van der Waals surface area contributed by atoms with Gasteiger partial charge in [-0.1, -0.05) is 18.2 Å². The minimum Gasteiger partial charge on any atom is -0.481 e. The van der Waals surface area contributed by atoms with Gasteiger partial charge in [-0.2, -0.15) is 0 Å². The van der Waals surface area contributed by atoms with E-state index in [4.69, 9.17) is 0 Å². The van der Waals surface area contributed by atoms with E-state index >= 15 is 0 Å². The molecule has 2 aromatic rings. The molecule has 0 aliphatic carbocycles. The van der Waals surface area contributed by atoms with Crippen molar-refractivity contribution in [3.8, 4) is 0 Å². The number of hydrogen-bond donors (Lipinski definition) is 3. The van der Waals surface area contributed by atoms with E-state index < -0.39 is 11.4 Å². The van der Waals surface area contributed by atoms with Crippen molar-refractivity contribution in [2.45, 2.75) is 19.8 Å². The number of carbonyl (C=O) groups excluding carboxylic acids is 2. The van der Waals surface area contributed by atoms with Crippen LogP contribution in [0.4, 0.5) is 16.2 Å². The number of carboxylic acids is 1. The Hall–Kier alpha value is -3.35. The summed E-state index contributed by atoms with van der Waals surface area (Å²) < 4.78 is 0. The van der Waals surface area contributed by atoms with Gasteiger partial charge in [0.15, 0.2) is 0 Å². The van der Waals surface area contributed by atoms with Crippen LogP contribution in [0.5, 0.6) is 0 Å². The van der Waals surface area contributed by atoms with Crippen molar-refractivity contribution in [3.05, 3.63) is 60.2 Å². The van der Waals surface area contributed by atoms with Gasteiger partial charge in [0.05, 0.1) is 5.41 Å². The molecule has 0 saturated carbocycles. The van der Waals surface area contributed by atoms with E-state index in [-0.39, 0.29) is 18.5 Å². The first-order valence-electron chi connectivity index (χ1n) is 9.13. The molecule has 0 spiro atoms. The number of likely N-dealkylation sites (tertiary alicyclic amines) is 1. The van der Waals surface area contributed by atoms with Crippen LogP contribution in [0.25, 0.3) is 0 Å². The van der Waals surface area contributed by atoms with Gasteiger partial charge in [-0.15, -0.1) is 0 Å². The Morgan fingerprint density at radius 2 is 1.57 bits per heavy atom. The summed E-state index contributed by atoms with van der Waals surface area (Å²) in [6.45, 7) is 2.41. The lowest BCUT2D eigenvalue weighted by atomic mass is 9.82. The molecule has 0 aromatic heterocycles. The number of benzene rings is 2. The minimum absolute atomic E-state index is 0.195. The summed E-state index contributed by atoms with van der Waals surface area (Å²) in [6.07, 6.45) is 1.22. The first-order valence-corrected chi connectivity index (χ1v) is 9.13. The molecule has 1 unspecified atom stereocenters. The molecule has 0 bridgehead atoms. The van der Waals surface area contributed by atoms with Crippen molar-refractivity contribution in [1.29, 1.82) is 0 Å². The molecule has 1 aliphatic heterocycles. The van der Waals surface area contributed by atoms with Gasteiger partial charge in [0.2, 0.25) is 0 Å². The lowest BCUT2D eigenvalue weighted by molar-refractivity contribution is -0.150. The molecule has 1 saturated heterocycles. The van der Waals surface area contributed by atoms with Gasteiger partial charge < -0.3 is 20.6 Å². The van der Waals surface area contributed by atoms with Crippen molar-refractivity contribution < 1.29 is 19.5 Å². The molecular formula is C21H23N3O4. The standard InChI is InChI=1S/C21H23N3O4/c1-21(19(26)27)12-5-13-24(14-21)18(25)15-8-10-17(11-9-15)23-20(28)22-16-6-3-2-4-7-16/h2-4,6-11H,5,12-14H2,1H3,(H,26,27)(H2,22,23,28). The van der Waals surface area contributed by atoms with E-state index in [0.29, 0.717) is 36.3 Å². The van der Waals surface area contributed by atoms with Crippen LogP contribution in [0.1, 0.15) is 30.1 Å². The highest BCUT2D eigenvalue weighted by Gasteiger charge is 2.39. The molecule has 3 rings (SSSR count). The number of amides is 3. The maximum atomic E-state index is 12.7. The molecular weight excluding hydrogens is 358 g/mol. The largest absolute Gasteiger partial charge is 0.481 e. The van der Waals surface area contributed by atoms with E-state index in [9.17, 15) is 19.5 Å².